The van der Waals surface area contributed by atoms with Crippen LogP contribution in [0.15, 0.2) is 53.6 Å². The molecule has 0 radical (unpaired) electrons. The van der Waals surface area contributed by atoms with E-state index < -0.39 is 0 Å². The quantitative estimate of drug-likeness (QED) is 0.577. The summed E-state index contributed by atoms with van der Waals surface area (Å²) in [6.45, 7) is 0.539. The summed E-state index contributed by atoms with van der Waals surface area (Å²) in [5.41, 5.74) is 2.85. The maximum absolute atomic E-state index is 12.5. The smallest absolute Gasteiger partial charge is 0.262 e. The standard InChI is InChI=1S/C16H13N3O2/c1-21-12-6-4-11(5-7-12)10-18-14-3-2-8-19-15(14)13(9-17-19)16(18)20/h2-9H,10H2,1H3. The van der Waals surface area contributed by atoms with Gasteiger partial charge in [-0.2, -0.15) is 5.10 Å². The van der Waals surface area contributed by atoms with Gasteiger partial charge in [-0.25, -0.2) is 4.52 Å². The Bertz CT molecular complexity index is 967. The summed E-state index contributed by atoms with van der Waals surface area (Å²) >= 11 is 0. The van der Waals surface area contributed by atoms with Crippen LogP contribution in [0.3, 0.4) is 0 Å². The van der Waals surface area contributed by atoms with Crippen molar-refractivity contribution in [3.63, 3.8) is 0 Å². The topological polar surface area (TPSA) is 48.5 Å². The van der Waals surface area contributed by atoms with E-state index in [1.54, 1.807) is 22.4 Å². The summed E-state index contributed by atoms with van der Waals surface area (Å²) in [5.74, 6) is 0.810. The fourth-order valence-corrected chi connectivity index (χ4v) is 2.72. The van der Waals surface area contributed by atoms with Gasteiger partial charge >= 0.3 is 0 Å². The summed E-state index contributed by atoms with van der Waals surface area (Å²) in [6, 6.07) is 11.6. The van der Waals surface area contributed by atoms with Crippen molar-refractivity contribution < 1.29 is 4.74 Å². The number of rotatable bonds is 3. The molecular formula is C16H13N3O2. The van der Waals surface area contributed by atoms with Gasteiger partial charge in [0.2, 0.25) is 0 Å². The molecule has 0 bridgehead atoms. The van der Waals surface area contributed by atoms with Crippen molar-refractivity contribution in [2.45, 2.75) is 6.54 Å². The average molecular weight is 279 g/mol. The minimum atomic E-state index is 0.00187. The molecule has 0 fully saturated rings. The van der Waals surface area contributed by atoms with Crippen LogP contribution in [0.1, 0.15) is 5.56 Å². The van der Waals surface area contributed by atoms with Gasteiger partial charge in [0.25, 0.3) is 5.56 Å². The van der Waals surface area contributed by atoms with Crippen molar-refractivity contribution in [2.75, 3.05) is 7.11 Å². The second-order valence-corrected chi connectivity index (χ2v) is 4.98. The molecule has 0 atom stereocenters. The van der Waals surface area contributed by atoms with Gasteiger partial charge in [-0.3, -0.25) is 4.79 Å². The first-order chi connectivity index (χ1) is 10.3. The van der Waals surface area contributed by atoms with Gasteiger partial charge in [0, 0.05) is 6.20 Å². The van der Waals surface area contributed by atoms with Gasteiger partial charge in [-0.15, -0.1) is 0 Å². The molecule has 0 saturated heterocycles. The molecule has 0 aliphatic rings. The Hall–Kier alpha value is -2.82. The van der Waals surface area contributed by atoms with E-state index in [4.69, 9.17) is 4.74 Å². The van der Waals surface area contributed by atoms with Crippen molar-refractivity contribution in [3.8, 4) is 5.75 Å². The second kappa shape index (κ2) is 4.34. The number of ether oxygens (including phenoxy) is 1. The molecule has 5 heteroatoms. The number of hydrogen-bond donors (Lipinski definition) is 0. The van der Waals surface area contributed by atoms with Gasteiger partial charge in [0.05, 0.1) is 30.8 Å². The van der Waals surface area contributed by atoms with Crippen LogP contribution in [0.4, 0.5) is 0 Å². The van der Waals surface area contributed by atoms with E-state index in [9.17, 15) is 4.79 Å². The zero-order valence-corrected chi connectivity index (χ0v) is 11.5. The van der Waals surface area contributed by atoms with Crippen LogP contribution in [0, 0.1) is 0 Å². The monoisotopic (exact) mass is 279 g/mol. The fourth-order valence-electron chi connectivity index (χ4n) is 2.72. The predicted octanol–water partition coefficient (Wildman–Crippen LogP) is 2.14. The lowest BCUT2D eigenvalue weighted by Gasteiger charge is -2.06. The fraction of sp³-hybridized carbons (Fsp3) is 0.125. The van der Waals surface area contributed by atoms with Crippen LogP contribution in [0.5, 0.6) is 5.75 Å². The minimum absolute atomic E-state index is 0.00187. The third-order valence-electron chi connectivity index (χ3n) is 3.79. The molecule has 1 aromatic carbocycles. The lowest BCUT2D eigenvalue weighted by molar-refractivity contribution is 0.414. The molecule has 0 aliphatic heterocycles. The Morgan fingerprint density at radius 2 is 2.00 bits per heavy atom. The first-order valence-electron chi connectivity index (χ1n) is 6.69. The SMILES string of the molecule is COc1ccc(Cn2c(=O)c3cnn4cccc2c34)cc1. The Balaban J connectivity index is 1.86. The number of pyridine rings is 1. The molecule has 0 saturated carbocycles. The maximum Gasteiger partial charge on any atom is 0.262 e. The molecule has 0 amide bonds. The summed E-state index contributed by atoms with van der Waals surface area (Å²) in [7, 11) is 1.64. The predicted molar refractivity (Wildman–Crippen MR) is 80.2 cm³/mol. The summed E-state index contributed by atoms with van der Waals surface area (Å²) in [4.78, 5) is 12.5. The van der Waals surface area contributed by atoms with Crippen molar-refractivity contribution in [1.29, 1.82) is 0 Å². The van der Waals surface area contributed by atoms with Crippen molar-refractivity contribution >= 4 is 16.4 Å². The molecule has 5 nitrogen and oxygen atoms in total. The highest BCUT2D eigenvalue weighted by atomic mass is 16.5. The minimum Gasteiger partial charge on any atom is -0.497 e. The molecule has 0 unspecified atom stereocenters. The maximum atomic E-state index is 12.5. The highest BCUT2D eigenvalue weighted by Gasteiger charge is 2.15. The van der Waals surface area contributed by atoms with E-state index in [2.05, 4.69) is 5.10 Å². The zero-order chi connectivity index (χ0) is 14.4. The molecular weight excluding hydrogens is 266 g/mol. The summed E-state index contributed by atoms with van der Waals surface area (Å²) in [6.07, 6.45) is 3.49. The van der Waals surface area contributed by atoms with Crippen molar-refractivity contribution in [3.05, 3.63) is 64.7 Å². The number of benzene rings is 1. The van der Waals surface area contributed by atoms with Gasteiger partial charge in [0.1, 0.15) is 11.3 Å². The Kier molecular flexibility index (Phi) is 2.47. The first kappa shape index (κ1) is 12.0. The lowest BCUT2D eigenvalue weighted by atomic mass is 10.2. The molecule has 3 heterocycles. The molecule has 3 aromatic heterocycles. The molecule has 21 heavy (non-hydrogen) atoms. The molecule has 0 spiro atoms. The highest BCUT2D eigenvalue weighted by molar-refractivity contribution is 5.94. The lowest BCUT2D eigenvalue weighted by Crippen LogP contribution is -2.15. The van der Waals surface area contributed by atoms with E-state index in [-0.39, 0.29) is 5.56 Å². The van der Waals surface area contributed by atoms with Crippen molar-refractivity contribution in [1.82, 2.24) is 14.2 Å². The van der Waals surface area contributed by atoms with E-state index in [0.717, 1.165) is 22.3 Å². The third-order valence-corrected chi connectivity index (χ3v) is 3.79. The van der Waals surface area contributed by atoms with Gasteiger partial charge in [-0.1, -0.05) is 12.1 Å². The third kappa shape index (κ3) is 1.71. The van der Waals surface area contributed by atoms with Crippen molar-refractivity contribution in [2.24, 2.45) is 0 Å². The summed E-state index contributed by atoms with van der Waals surface area (Å²) in [5, 5.41) is 4.86. The van der Waals surface area contributed by atoms with E-state index >= 15 is 0 Å². The Labute approximate surface area is 120 Å². The normalized spacial score (nSPS) is 11.5. The molecule has 0 N–H and O–H groups in total. The van der Waals surface area contributed by atoms with Crippen LogP contribution < -0.4 is 10.3 Å². The van der Waals surface area contributed by atoms with E-state index in [1.807, 2.05) is 42.6 Å². The average Bonchev–Trinajstić information content (AvgIpc) is 3.07. The van der Waals surface area contributed by atoms with E-state index in [0.29, 0.717) is 11.9 Å². The molecule has 4 aromatic rings. The number of hydrogen-bond acceptors (Lipinski definition) is 3. The van der Waals surface area contributed by atoms with Gasteiger partial charge < -0.3 is 9.30 Å². The van der Waals surface area contributed by atoms with Gasteiger partial charge in [0.15, 0.2) is 0 Å². The molecule has 4 rings (SSSR count). The zero-order valence-electron chi connectivity index (χ0n) is 11.5. The van der Waals surface area contributed by atoms with Crippen LogP contribution in [-0.4, -0.2) is 21.3 Å². The van der Waals surface area contributed by atoms with Crippen LogP contribution in [0.2, 0.25) is 0 Å². The van der Waals surface area contributed by atoms with E-state index in [1.165, 1.54) is 0 Å². The molecule has 0 aliphatic carbocycles. The summed E-state index contributed by atoms with van der Waals surface area (Å²) < 4.78 is 8.69. The number of methoxy groups -OCH3 is 1. The van der Waals surface area contributed by atoms with Crippen LogP contribution in [-0.2, 0) is 6.54 Å². The Morgan fingerprint density at radius 3 is 2.76 bits per heavy atom. The molecule has 104 valence electrons. The van der Waals surface area contributed by atoms with Gasteiger partial charge in [-0.05, 0) is 29.8 Å². The number of nitrogens with zero attached hydrogens (tertiary/aromatic N) is 3. The van der Waals surface area contributed by atoms with Crippen LogP contribution in [0.25, 0.3) is 16.4 Å². The van der Waals surface area contributed by atoms with Crippen LogP contribution >= 0.6 is 0 Å². The first-order valence-corrected chi connectivity index (χ1v) is 6.69. The number of aromatic nitrogens is 3. The Morgan fingerprint density at radius 1 is 1.19 bits per heavy atom. The largest absolute Gasteiger partial charge is 0.497 e. The highest BCUT2D eigenvalue weighted by Crippen LogP contribution is 2.20. The second-order valence-electron chi connectivity index (χ2n) is 4.98.